The number of rotatable bonds is 6. The van der Waals surface area contributed by atoms with Gasteiger partial charge in [0.15, 0.2) is 5.82 Å². The van der Waals surface area contributed by atoms with Crippen LogP contribution in [-0.4, -0.2) is 51.3 Å². The summed E-state index contributed by atoms with van der Waals surface area (Å²) in [6.07, 6.45) is -0.185. The molecule has 0 saturated carbocycles. The normalized spacial score (nSPS) is 18.2. The highest BCUT2D eigenvalue weighted by Crippen LogP contribution is 2.41. The van der Waals surface area contributed by atoms with E-state index >= 15 is 0 Å². The maximum absolute atomic E-state index is 13.0. The first-order valence-corrected chi connectivity index (χ1v) is 10.5. The summed E-state index contributed by atoms with van der Waals surface area (Å²) in [6.45, 7) is 10.7. The number of hydrogen-bond acceptors (Lipinski definition) is 7. The largest absolute Gasteiger partial charge is 0.408 e. The van der Waals surface area contributed by atoms with Gasteiger partial charge in [0.1, 0.15) is 17.7 Å². The lowest BCUT2D eigenvalue weighted by molar-refractivity contribution is -0.148. The van der Waals surface area contributed by atoms with Gasteiger partial charge in [0, 0.05) is 19.2 Å². The summed E-state index contributed by atoms with van der Waals surface area (Å²) in [5.41, 5.74) is 2.96. The number of aromatic nitrogens is 4. The van der Waals surface area contributed by atoms with Gasteiger partial charge in [-0.2, -0.15) is 13.2 Å². The van der Waals surface area contributed by atoms with Crippen molar-refractivity contribution in [1.82, 2.24) is 25.3 Å². The predicted octanol–water partition coefficient (Wildman–Crippen LogP) is 3.85. The summed E-state index contributed by atoms with van der Waals surface area (Å²) in [6, 6.07) is 3.77. The van der Waals surface area contributed by atoms with Crippen LogP contribution in [0.1, 0.15) is 19.0 Å². The first-order valence-electron chi connectivity index (χ1n) is 10.5. The molecule has 2 bridgehead atoms. The van der Waals surface area contributed by atoms with Crippen LogP contribution < -0.4 is 20.4 Å². The molecular formula is C22H23F3N8. The van der Waals surface area contributed by atoms with E-state index in [1.807, 2.05) is 17.0 Å². The zero-order valence-corrected chi connectivity index (χ0v) is 17.9. The summed E-state index contributed by atoms with van der Waals surface area (Å²) in [4.78, 5) is 20.6. The number of hydrogen-bond donors (Lipinski definition) is 3. The van der Waals surface area contributed by atoms with Gasteiger partial charge in [-0.05, 0) is 25.5 Å². The van der Waals surface area contributed by atoms with Gasteiger partial charge >= 0.3 is 6.18 Å². The fraction of sp³-hybridized carbons (Fsp3) is 0.318. The molecule has 0 radical (unpaired) electrons. The Bertz CT molecular complexity index is 1230. The van der Waals surface area contributed by atoms with Gasteiger partial charge in [0.2, 0.25) is 0 Å². The van der Waals surface area contributed by atoms with E-state index in [2.05, 4.69) is 43.6 Å². The Morgan fingerprint density at radius 3 is 2.88 bits per heavy atom. The Kier molecular flexibility index (Phi) is 4.91. The molecule has 3 aromatic rings. The molecule has 1 unspecified atom stereocenters. The first-order chi connectivity index (χ1) is 15.7. The van der Waals surface area contributed by atoms with Crippen molar-refractivity contribution in [1.29, 1.82) is 0 Å². The number of pyridine rings is 2. The molecule has 0 aliphatic carbocycles. The molecule has 1 saturated heterocycles. The minimum absolute atomic E-state index is 0.111. The number of fused-ring (bicyclic) bond motifs is 5. The van der Waals surface area contributed by atoms with E-state index in [-0.39, 0.29) is 11.7 Å². The third kappa shape index (κ3) is 3.83. The van der Waals surface area contributed by atoms with Gasteiger partial charge in [0.05, 0.1) is 46.7 Å². The van der Waals surface area contributed by atoms with Gasteiger partial charge < -0.3 is 25.4 Å². The molecule has 5 heterocycles. The summed E-state index contributed by atoms with van der Waals surface area (Å²) in [5, 5.41) is 5.65. The molecule has 1 fully saturated rings. The van der Waals surface area contributed by atoms with E-state index in [4.69, 9.17) is 4.98 Å². The first kappa shape index (κ1) is 21.1. The number of alkyl halides is 3. The van der Waals surface area contributed by atoms with Crippen molar-refractivity contribution in [2.75, 3.05) is 28.2 Å². The second kappa shape index (κ2) is 7.68. The van der Waals surface area contributed by atoms with Crippen molar-refractivity contribution in [3.05, 3.63) is 55.4 Å². The SMILES string of the molecule is C=C(N[C@H](C)C(F)(F)F)c1ccc2c(n1)N(C(=C)Nc1cc3nc[nH]c3cn1)C1CCN2C1. The molecule has 0 amide bonds. The average Bonchev–Trinajstić information content (AvgIpc) is 3.40. The maximum atomic E-state index is 13.0. The smallest absolute Gasteiger partial charge is 0.373 e. The van der Waals surface area contributed by atoms with E-state index in [1.165, 1.54) is 0 Å². The fourth-order valence-electron chi connectivity index (χ4n) is 4.25. The molecule has 0 spiro atoms. The highest BCUT2D eigenvalue weighted by atomic mass is 19.4. The molecule has 11 heteroatoms. The van der Waals surface area contributed by atoms with Gasteiger partial charge in [-0.1, -0.05) is 13.2 Å². The Balaban J connectivity index is 1.43. The molecule has 172 valence electrons. The number of anilines is 3. The Labute approximate surface area is 188 Å². The lowest BCUT2D eigenvalue weighted by atomic mass is 10.1. The lowest BCUT2D eigenvalue weighted by Crippen LogP contribution is -2.44. The second-order valence-corrected chi connectivity index (χ2v) is 8.24. The minimum Gasteiger partial charge on any atom is -0.373 e. The number of imidazole rings is 1. The Hall–Kier alpha value is -3.76. The summed E-state index contributed by atoms with van der Waals surface area (Å²) < 4.78 is 39.0. The third-order valence-corrected chi connectivity index (χ3v) is 6.01. The van der Waals surface area contributed by atoms with E-state index in [1.54, 1.807) is 18.6 Å². The van der Waals surface area contributed by atoms with Crippen LogP contribution in [0.25, 0.3) is 16.7 Å². The van der Waals surface area contributed by atoms with Crippen molar-refractivity contribution < 1.29 is 13.2 Å². The Morgan fingerprint density at radius 2 is 2.09 bits per heavy atom. The van der Waals surface area contributed by atoms with Gasteiger partial charge in [-0.15, -0.1) is 0 Å². The van der Waals surface area contributed by atoms with Crippen LogP contribution in [0.3, 0.4) is 0 Å². The van der Waals surface area contributed by atoms with E-state index in [9.17, 15) is 13.2 Å². The highest BCUT2D eigenvalue weighted by Gasteiger charge is 2.39. The zero-order chi connectivity index (χ0) is 23.3. The number of nitrogens with zero attached hydrogens (tertiary/aromatic N) is 5. The molecule has 33 heavy (non-hydrogen) atoms. The van der Waals surface area contributed by atoms with Gasteiger partial charge in [-0.3, -0.25) is 0 Å². The zero-order valence-electron chi connectivity index (χ0n) is 17.9. The molecule has 8 nitrogen and oxygen atoms in total. The van der Waals surface area contributed by atoms with Crippen LogP contribution in [0.5, 0.6) is 0 Å². The standard InChI is InChI=1S/C22H23F3N8/c1-12(29-13(2)22(23,24)25)16-4-5-19-21(31-16)33(15-6-7-32(19)10-15)14(3)30-20-8-17-18(9-26-20)28-11-27-17/h4-5,8-9,11,13,15,29H,1,3,6-7,10H2,2H3,(H,26,30)(H,27,28)/t13-,15?/m1/s1. The third-order valence-electron chi connectivity index (χ3n) is 6.01. The predicted molar refractivity (Wildman–Crippen MR) is 122 cm³/mol. The molecule has 3 aromatic heterocycles. The van der Waals surface area contributed by atoms with Crippen LogP contribution in [-0.2, 0) is 0 Å². The van der Waals surface area contributed by atoms with Crippen LogP contribution in [0, 0.1) is 0 Å². The molecule has 2 aliphatic rings. The van der Waals surface area contributed by atoms with E-state index < -0.39 is 12.2 Å². The van der Waals surface area contributed by atoms with Crippen molar-refractivity contribution in [3.8, 4) is 0 Å². The van der Waals surface area contributed by atoms with Crippen molar-refractivity contribution >= 4 is 34.1 Å². The summed E-state index contributed by atoms with van der Waals surface area (Å²) >= 11 is 0. The molecule has 3 N–H and O–H groups in total. The Morgan fingerprint density at radius 1 is 1.27 bits per heavy atom. The van der Waals surface area contributed by atoms with Crippen molar-refractivity contribution in [2.24, 2.45) is 0 Å². The maximum Gasteiger partial charge on any atom is 0.408 e. The van der Waals surface area contributed by atoms with E-state index in [0.717, 1.165) is 43.2 Å². The molecule has 0 aromatic carbocycles. The van der Waals surface area contributed by atoms with Gasteiger partial charge in [0.25, 0.3) is 0 Å². The lowest BCUT2D eigenvalue weighted by Gasteiger charge is -2.38. The summed E-state index contributed by atoms with van der Waals surface area (Å²) in [7, 11) is 0. The van der Waals surface area contributed by atoms with Crippen LogP contribution in [0.4, 0.5) is 30.5 Å². The molecule has 2 aliphatic heterocycles. The number of aromatic amines is 1. The number of halogens is 3. The number of H-pyrrole nitrogens is 1. The minimum atomic E-state index is -4.38. The van der Waals surface area contributed by atoms with Crippen LogP contribution in [0.15, 0.2) is 49.7 Å². The number of nitrogens with one attached hydrogen (secondary N) is 3. The fourth-order valence-corrected chi connectivity index (χ4v) is 4.25. The quantitative estimate of drug-likeness (QED) is 0.520. The summed E-state index contributed by atoms with van der Waals surface area (Å²) in [5.74, 6) is 1.79. The van der Waals surface area contributed by atoms with Gasteiger partial charge in [-0.25, -0.2) is 15.0 Å². The average molecular weight is 456 g/mol. The van der Waals surface area contributed by atoms with Crippen LogP contribution in [0.2, 0.25) is 0 Å². The topological polar surface area (TPSA) is 85.0 Å². The van der Waals surface area contributed by atoms with Crippen molar-refractivity contribution in [3.63, 3.8) is 0 Å². The van der Waals surface area contributed by atoms with Crippen LogP contribution >= 0.6 is 0 Å². The molecular weight excluding hydrogens is 433 g/mol. The second-order valence-electron chi connectivity index (χ2n) is 8.24. The highest BCUT2D eigenvalue weighted by molar-refractivity contribution is 5.79. The monoisotopic (exact) mass is 456 g/mol. The molecule has 2 atom stereocenters. The van der Waals surface area contributed by atoms with Crippen molar-refractivity contribution in [2.45, 2.75) is 31.6 Å². The van der Waals surface area contributed by atoms with E-state index in [0.29, 0.717) is 23.2 Å². The molecule has 5 rings (SSSR count).